The normalized spacial score (nSPS) is 14.1. The topological polar surface area (TPSA) is 34.0 Å². The summed E-state index contributed by atoms with van der Waals surface area (Å²) in [4.78, 5) is 11.7. The van der Waals surface area contributed by atoms with Gasteiger partial charge in [0, 0.05) is 25.4 Å². The Balaban J connectivity index is 1.63. The van der Waals surface area contributed by atoms with Gasteiger partial charge in [0.25, 0.3) is 5.56 Å². The van der Waals surface area contributed by atoms with Crippen molar-refractivity contribution in [2.45, 2.75) is 45.2 Å². The minimum Gasteiger partial charge on any atom is -0.380 e. The molecule has 21 heavy (non-hydrogen) atoms. The molecule has 3 nitrogen and oxygen atoms in total. The molecule has 1 aromatic heterocycles. The van der Waals surface area contributed by atoms with Crippen LogP contribution in [-0.4, -0.2) is 4.57 Å². The van der Waals surface area contributed by atoms with Crippen LogP contribution in [0.5, 0.6) is 0 Å². The predicted octanol–water partition coefficient (Wildman–Crippen LogP) is 3.75. The van der Waals surface area contributed by atoms with Crippen molar-refractivity contribution in [1.82, 2.24) is 4.57 Å². The van der Waals surface area contributed by atoms with Gasteiger partial charge in [0.05, 0.1) is 5.69 Å². The number of hydrogen-bond donors (Lipinski definition) is 1. The summed E-state index contributed by atoms with van der Waals surface area (Å²) in [5.74, 6) is 0.810. The molecule has 0 aliphatic heterocycles. The number of nitrogens with zero attached hydrogens (tertiary/aromatic N) is 1. The summed E-state index contributed by atoms with van der Waals surface area (Å²) < 4.78 is 1.76. The maximum Gasteiger partial charge on any atom is 0.250 e. The second-order valence-corrected chi connectivity index (χ2v) is 5.82. The van der Waals surface area contributed by atoms with Gasteiger partial charge < -0.3 is 9.88 Å². The lowest BCUT2D eigenvalue weighted by Crippen LogP contribution is -2.18. The SMILES string of the molecule is CCCn1cc(NCc2ccc(C3CC3)cc2)ccc1=O. The highest BCUT2D eigenvalue weighted by Gasteiger charge is 2.22. The third-order valence-electron chi connectivity index (χ3n) is 3.97. The van der Waals surface area contributed by atoms with E-state index in [0.717, 1.165) is 31.1 Å². The standard InChI is InChI=1S/C18H22N2O/c1-2-11-20-13-17(9-10-18(20)21)19-12-14-3-5-15(6-4-14)16-7-8-16/h3-6,9-10,13,16,19H,2,7-8,11-12H2,1H3. The molecule has 3 rings (SSSR count). The molecule has 1 fully saturated rings. The molecule has 1 aliphatic carbocycles. The van der Waals surface area contributed by atoms with E-state index in [0.29, 0.717) is 0 Å². The number of anilines is 1. The maximum atomic E-state index is 11.7. The van der Waals surface area contributed by atoms with E-state index < -0.39 is 0 Å². The summed E-state index contributed by atoms with van der Waals surface area (Å²) in [5.41, 5.74) is 3.80. The van der Waals surface area contributed by atoms with Gasteiger partial charge in [-0.15, -0.1) is 0 Å². The summed E-state index contributed by atoms with van der Waals surface area (Å²) in [6.45, 7) is 3.63. The van der Waals surface area contributed by atoms with Gasteiger partial charge in [-0.25, -0.2) is 0 Å². The van der Waals surface area contributed by atoms with Crippen molar-refractivity contribution in [3.8, 4) is 0 Å². The average molecular weight is 282 g/mol. The smallest absolute Gasteiger partial charge is 0.250 e. The Morgan fingerprint density at radius 3 is 2.57 bits per heavy atom. The van der Waals surface area contributed by atoms with Gasteiger partial charge in [-0.2, -0.15) is 0 Å². The van der Waals surface area contributed by atoms with Crippen LogP contribution in [0, 0.1) is 0 Å². The highest BCUT2D eigenvalue weighted by Crippen LogP contribution is 2.39. The van der Waals surface area contributed by atoms with Gasteiger partial charge in [-0.05, 0) is 42.4 Å². The minimum absolute atomic E-state index is 0.0659. The van der Waals surface area contributed by atoms with E-state index in [4.69, 9.17) is 0 Å². The molecule has 0 atom stereocenters. The van der Waals surface area contributed by atoms with Gasteiger partial charge in [-0.3, -0.25) is 4.79 Å². The lowest BCUT2D eigenvalue weighted by molar-refractivity contribution is 0.655. The van der Waals surface area contributed by atoms with Crippen molar-refractivity contribution >= 4 is 5.69 Å². The molecule has 2 aromatic rings. The predicted molar refractivity (Wildman–Crippen MR) is 86.7 cm³/mol. The van der Waals surface area contributed by atoms with Crippen LogP contribution < -0.4 is 10.9 Å². The number of nitrogens with one attached hydrogen (secondary N) is 1. The highest BCUT2D eigenvalue weighted by molar-refractivity contribution is 5.41. The summed E-state index contributed by atoms with van der Waals surface area (Å²) in [5, 5.41) is 3.39. The third kappa shape index (κ3) is 3.54. The fraction of sp³-hybridized carbons (Fsp3) is 0.389. The second kappa shape index (κ2) is 6.17. The molecule has 110 valence electrons. The van der Waals surface area contributed by atoms with Crippen LogP contribution in [-0.2, 0) is 13.1 Å². The fourth-order valence-corrected chi connectivity index (χ4v) is 2.58. The largest absolute Gasteiger partial charge is 0.380 e. The number of aromatic nitrogens is 1. The Kier molecular flexibility index (Phi) is 4.09. The summed E-state index contributed by atoms with van der Waals surface area (Å²) in [6.07, 6.45) is 5.56. The molecular formula is C18H22N2O. The Bertz CT molecular complexity index is 654. The first-order valence-corrected chi connectivity index (χ1v) is 7.79. The molecule has 0 radical (unpaired) electrons. The van der Waals surface area contributed by atoms with Crippen molar-refractivity contribution in [2.24, 2.45) is 0 Å². The van der Waals surface area contributed by atoms with Crippen LogP contribution in [0.25, 0.3) is 0 Å². The summed E-state index contributed by atoms with van der Waals surface area (Å²) in [6, 6.07) is 12.4. The molecule has 0 unspecified atom stereocenters. The lowest BCUT2D eigenvalue weighted by Gasteiger charge is -2.10. The van der Waals surface area contributed by atoms with E-state index in [1.807, 2.05) is 12.3 Å². The van der Waals surface area contributed by atoms with Gasteiger partial charge in [0.1, 0.15) is 0 Å². The summed E-state index contributed by atoms with van der Waals surface area (Å²) in [7, 11) is 0. The highest BCUT2D eigenvalue weighted by atomic mass is 16.1. The van der Waals surface area contributed by atoms with Crippen molar-refractivity contribution < 1.29 is 0 Å². The molecule has 0 saturated heterocycles. The Morgan fingerprint density at radius 1 is 1.14 bits per heavy atom. The van der Waals surface area contributed by atoms with Gasteiger partial charge in [0.15, 0.2) is 0 Å². The zero-order chi connectivity index (χ0) is 14.7. The van der Waals surface area contributed by atoms with E-state index in [1.54, 1.807) is 10.6 Å². The molecular weight excluding hydrogens is 260 g/mol. The zero-order valence-electron chi connectivity index (χ0n) is 12.5. The maximum absolute atomic E-state index is 11.7. The van der Waals surface area contributed by atoms with Crippen molar-refractivity contribution in [3.63, 3.8) is 0 Å². The van der Waals surface area contributed by atoms with Crippen LogP contribution in [0.4, 0.5) is 5.69 Å². The van der Waals surface area contributed by atoms with Crippen LogP contribution in [0.1, 0.15) is 43.2 Å². The zero-order valence-corrected chi connectivity index (χ0v) is 12.5. The monoisotopic (exact) mass is 282 g/mol. The van der Waals surface area contributed by atoms with Gasteiger partial charge in [-0.1, -0.05) is 31.2 Å². The molecule has 0 bridgehead atoms. The quantitative estimate of drug-likeness (QED) is 0.875. The molecule has 0 spiro atoms. The second-order valence-electron chi connectivity index (χ2n) is 5.82. The van der Waals surface area contributed by atoms with Crippen LogP contribution in [0.15, 0.2) is 47.4 Å². The van der Waals surface area contributed by atoms with Crippen molar-refractivity contribution in [3.05, 3.63) is 64.1 Å². The Hall–Kier alpha value is -2.03. The molecule has 1 aromatic carbocycles. The third-order valence-corrected chi connectivity index (χ3v) is 3.97. The van der Waals surface area contributed by atoms with E-state index in [9.17, 15) is 4.79 Å². The van der Waals surface area contributed by atoms with Crippen LogP contribution in [0.3, 0.4) is 0 Å². The Labute approximate surface area is 125 Å². The first-order valence-electron chi connectivity index (χ1n) is 7.79. The number of hydrogen-bond acceptors (Lipinski definition) is 2. The lowest BCUT2D eigenvalue weighted by atomic mass is 10.1. The molecule has 1 aliphatic rings. The minimum atomic E-state index is 0.0659. The first kappa shape index (κ1) is 13.9. The van der Waals surface area contributed by atoms with Gasteiger partial charge in [0.2, 0.25) is 0 Å². The van der Waals surface area contributed by atoms with Crippen molar-refractivity contribution in [1.29, 1.82) is 0 Å². The summed E-state index contributed by atoms with van der Waals surface area (Å²) >= 11 is 0. The fourth-order valence-electron chi connectivity index (χ4n) is 2.58. The van der Waals surface area contributed by atoms with E-state index in [1.165, 1.54) is 24.0 Å². The Morgan fingerprint density at radius 2 is 1.90 bits per heavy atom. The molecule has 1 heterocycles. The van der Waals surface area contributed by atoms with Crippen LogP contribution in [0.2, 0.25) is 0 Å². The van der Waals surface area contributed by atoms with Crippen LogP contribution >= 0.6 is 0 Å². The number of aryl methyl sites for hydroxylation is 1. The number of benzene rings is 1. The van der Waals surface area contributed by atoms with E-state index in [2.05, 4.69) is 36.5 Å². The average Bonchev–Trinajstić information content (AvgIpc) is 3.34. The first-order chi connectivity index (χ1) is 10.3. The van der Waals surface area contributed by atoms with E-state index in [-0.39, 0.29) is 5.56 Å². The van der Waals surface area contributed by atoms with Gasteiger partial charge >= 0.3 is 0 Å². The van der Waals surface area contributed by atoms with E-state index >= 15 is 0 Å². The van der Waals surface area contributed by atoms with Crippen molar-refractivity contribution in [2.75, 3.05) is 5.32 Å². The molecule has 1 saturated carbocycles. The molecule has 3 heteroatoms. The number of rotatable bonds is 6. The number of pyridine rings is 1. The molecule has 1 N–H and O–H groups in total. The molecule has 0 amide bonds.